The Labute approximate surface area is 166 Å². The van der Waals surface area contributed by atoms with Crippen LogP contribution in [0.4, 0.5) is 0 Å². The Morgan fingerprint density at radius 3 is 1.61 bits per heavy atom. The maximum atomic E-state index is 6.03. The van der Waals surface area contributed by atoms with Crippen molar-refractivity contribution in [3.63, 3.8) is 0 Å². The Hall–Kier alpha value is -3.17. The monoisotopic (exact) mass is 367 g/mol. The van der Waals surface area contributed by atoms with E-state index < -0.39 is 5.54 Å². The van der Waals surface area contributed by atoms with E-state index in [9.17, 15) is 0 Å². The maximum Gasteiger partial charge on any atom is 0.121 e. The normalized spacial score (nSPS) is 12.6. The van der Waals surface area contributed by atoms with Crippen molar-refractivity contribution >= 4 is 0 Å². The number of rotatable bonds is 6. The van der Waals surface area contributed by atoms with Gasteiger partial charge in [0.15, 0.2) is 0 Å². The van der Waals surface area contributed by atoms with E-state index in [1.807, 2.05) is 13.3 Å². The van der Waals surface area contributed by atoms with Gasteiger partial charge in [-0.15, -0.1) is 0 Å². The SMILES string of the molecule is C[C@H](N)Cc1cn(C(c2ccccc2)(c2ccccc2)c2ccccc2)cn1. The standard InChI is InChI=1S/C25H25N3/c1-20(26)17-24-18-28(19-27-24)25(21-11-5-2-6-12-21,22-13-7-3-8-14-22)23-15-9-4-10-16-23/h2-16,18-20H,17,26H2,1H3/t20-/m0/s1. The third kappa shape index (κ3) is 3.25. The molecule has 1 heterocycles. The Morgan fingerprint density at radius 1 is 0.786 bits per heavy atom. The summed E-state index contributed by atoms with van der Waals surface area (Å²) in [6, 6.07) is 31.9. The van der Waals surface area contributed by atoms with Gasteiger partial charge in [0.2, 0.25) is 0 Å². The van der Waals surface area contributed by atoms with Crippen LogP contribution in [0.5, 0.6) is 0 Å². The lowest BCUT2D eigenvalue weighted by Crippen LogP contribution is -2.37. The molecule has 3 aromatic carbocycles. The first-order valence-electron chi connectivity index (χ1n) is 9.67. The second kappa shape index (κ2) is 7.83. The van der Waals surface area contributed by atoms with Crippen LogP contribution in [0.2, 0.25) is 0 Å². The Balaban J connectivity index is 2.03. The molecule has 0 saturated heterocycles. The quantitative estimate of drug-likeness (QED) is 0.506. The fourth-order valence-corrected chi connectivity index (χ4v) is 3.97. The molecule has 3 heteroatoms. The van der Waals surface area contributed by atoms with E-state index >= 15 is 0 Å². The van der Waals surface area contributed by atoms with Crippen LogP contribution in [0.15, 0.2) is 104 Å². The highest BCUT2D eigenvalue weighted by Gasteiger charge is 2.38. The molecule has 3 nitrogen and oxygen atoms in total. The van der Waals surface area contributed by atoms with E-state index in [1.54, 1.807) is 0 Å². The summed E-state index contributed by atoms with van der Waals surface area (Å²) in [5.74, 6) is 0. The van der Waals surface area contributed by atoms with E-state index in [2.05, 4.69) is 107 Å². The molecule has 0 unspecified atom stereocenters. The molecular weight excluding hydrogens is 342 g/mol. The van der Waals surface area contributed by atoms with Crippen LogP contribution in [-0.2, 0) is 12.0 Å². The van der Waals surface area contributed by atoms with Crippen molar-refractivity contribution in [3.8, 4) is 0 Å². The van der Waals surface area contributed by atoms with Gasteiger partial charge in [-0.25, -0.2) is 4.98 Å². The molecule has 2 N–H and O–H groups in total. The van der Waals surface area contributed by atoms with E-state index in [-0.39, 0.29) is 6.04 Å². The highest BCUT2D eigenvalue weighted by atomic mass is 15.1. The van der Waals surface area contributed by atoms with E-state index in [1.165, 1.54) is 16.7 Å². The van der Waals surface area contributed by atoms with Crippen molar-refractivity contribution in [1.29, 1.82) is 0 Å². The van der Waals surface area contributed by atoms with E-state index in [4.69, 9.17) is 5.73 Å². The van der Waals surface area contributed by atoms with Crippen molar-refractivity contribution in [1.82, 2.24) is 9.55 Å². The molecular formula is C25H25N3. The van der Waals surface area contributed by atoms with Crippen molar-refractivity contribution in [3.05, 3.63) is 126 Å². The number of hydrogen-bond donors (Lipinski definition) is 1. The molecule has 140 valence electrons. The summed E-state index contributed by atoms with van der Waals surface area (Å²) >= 11 is 0. The summed E-state index contributed by atoms with van der Waals surface area (Å²) in [5, 5.41) is 0. The molecule has 28 heavy (non-hydrogen) atoms. The third-order valence-corrected chi connectivity index (χ3v) is 5.13. The Bertz CT molecular complexity index is 909. The summed E-state index contributed by atoms with van der Waals surface area (Å²) in [7, 11) is 0. The van der Waals surface area contributed by atoms with E-state index in [0.29, 0.717) is 0 Å². The summed E-state index contributed by atoms with van der Waals surface area (Å²) in [5.41, 5.74) is 10.1. The number of hydrogen-bond acceptors (Lipinski definition) is 2. The highest BCUT2D eigenvalue weighted by Crippen LogP contribution is 2.40. The zero-order chi connectivity index (χ0) is 19.4. The van der Waals surface area contributed by atoms with E-state index in [0.717, 1.165) is 12.1 Å². The summed E-state index contributed by atoms with van der Waals surface area (Å²) in [6.45, 7) is 2.01. The van der Waals surface area contributed by atoms with Crippen LogP contribution in [-0.4, -0.2) is 15.6 Å². The molecule has 0 saturated carbocycles. The van der Waals surface area contributed by atoms with Gasteiger partial charge in [-0.1, -0.05) is 91.0 Å². The van der Waals surface area contributed by atoms with Gasteiger partial charge in [0.05, 0.1) is 12.0 Å². The van der Waals surface area contributed by atoms with Crippen LogP contribution < -0.4 is 5.73 Å². The predicted molar refractivity (Wildman–Crippen MR) is 114 cm³/mol. The molecule has 0 aliphatic carbocycles. The van der Waals surface area contributed by atoms with Gasteiger partial charge in [0.25, 0.3) is 0 Å². The zero-order valence-electron chi connectivity index (χ0n) is 16.1. The van der Waals surface area contributed by atoms with Crippen LogP contribution in [0.3, 0.4) is 0 Å². The van der Waals surface area contributed by atoms with Gasteiger partial charge in [0, 0.05) is 18.7 Å². The average Bonchev–Trinajstić information content (AvgIpc) is 3.19. The van der Waals surface area contributed by atoms with Crippen LogP contribution in [0, 0.1) is 0 Å². The molecule has 0 spiro atoms. The number of nitrogens with zero attached hydrogens (tertiary/aromatic N) is 2. The highest BCUT2D eigenvalue weighted by molar-refractivity contribution is 5.50. The molecule has 4 aromatic rings. The number of imidazole rings is 1. The summed E-state index contributed by atoms with van der Waals surface area (Å²) in [4.78, 5) is 4.68. The molecule has 0 amide bonds. The summed E-state index contributed by atoms with van der Waals surface area (Å²) in [6.07, 6.45) is 4.82. The van der Waals surface area contributed by atoms with Gasteiger partial charge in [-0.05, 0) is 23.6 Å². The van der Waals surface area contributed by atoms with Crippen molar-refractivity contribution in [2.75, 3.05) is 0 Å². The van der Waals surface area contributed by atoms with Crippen molar-refractivity contribution in [2.24, 2.45) is 5.73 Å². The first kappa shape index (κ1) is 18.2. The first-order valence-corrected chi connectivity index (χ1v) is 9.67. The Kier molecular flexibility index (Phi) is 5.09. The second-order valence-corrected chi connectivity index (χ2v) is 7.26. The lowest BCUT2D eigenvalue weighted by Gasteiger charge is -2.37. The minimum Gasteiger partial charge on any atom is -0.328 e. The topological polar surface area (TPSA) is 43.8 Å². The number of benzene rings is 3. The fourth-order valence-electron chi connectivity index (χ4n) is 3.97. The average molecular weight is 367 g/mol. The predicted octanol–water partition coefficient (Wildman–Crippen LogP) is 4.61. The third-order valence-electron chi connectivity index (χ3n) is 5.13. The van der Waals surface area contributed by atoms with Gasteiger partial charge in [-0.3, -0.25) is 0 Å². The molecule has 0 aliphatic heterocycles. The fraction of sp³-hybridized carbons (Fsp3) is 0.160. The lowest BCUT2D eigenvalue weighted by atomic mass is 9.77. The molecule has 4 rings (SSSR count). The summed E-state index contributed by atoms with van der Waals surface area (Å²) < 4.78 is 2.23. The van der Waals surface area contributed by atoms with Gasteiger partial charge >= 0.3 is 0 Å². The van der Waals surface area contributed by atoms with Gasteiger partial charge in [-0.2, -0.15) is 0 Å². The van der Waals surface area contributed by atoms with Gasteiger partial charge in [0.1, 0.15) is 5.54 Å². The molecule has 0 radical (unpaired) electrons. The van der Waals surface area contributed by atoms with Crippen molar-refractivity contribution in [2.45, 2.75) is 24.9 Å². The maximum absolute atomic E-state index is 6.03. The molecule has 0 bridgehead atoms. The minimum absolute atomic E-state index is 0.0722. The van der Waals surface area contributed by atoms with Crippen LogP contribution in [0.25, 0.3) is 0 Å². The molecule has 0 fully saturated rings. The largest absolute Gasteiger partial charge is 0.328 e. The number of nitrogens with two attached hydrogens (primary N) is 1. The van der Waals surface area contributed by atoms with Gasteiger partial charge < -0.3 is 10.3 Å². The smallest absolute Gasteiger partial charge is 0.121 e. The second-order valence-electron chi connectivity index (χ2n) is 7.26. The Morgan fingerprint density at radius 2 is 1.21 bits per heavy atom. The molecule has 1 atom stereocenters. The number of aromatic nitrogens is 2. The lowest BCUT2D eigenvalue weighted by molar-refractivity contribution is 0.514. The minimum atomic E-state index is -0.507. The van der Waals surface area contributed by atoms with Crippen LogP contribution >= 0.6 is 0 Å². The zero-order valence-corrected chi connectivity index (χ0v) is 16.1. The van der Waals surface area contributed by atoms with Crippen LogP contribution in [0.1, 0.15) is 29.3 Å². The van der Waals surface area contributed by atoms with Crippen molar-refractivity contribution < 1.29 is 0 Å². The molecule has 0 aliphatic rings. The first-order chi connectivity index (χ1) is 13.7. The molecule has 1 aromatic heterocycles.